The number of amides is 1. The Kier molecular flexibility index (Phi) is 4.59. The van der Waals surface area contributed by atoms with Gasteiger partial charge in [0.05, 0.1) is 5.75 Å². The van der Waals surface area contributed by atoms with Crippen molar-refractivity contribution in [3.63, 3.8) is 0 Å². The van der Waals surface area contributed by atoms with E-state index in [-0.39, 0.29) is 36.5 Å². The first kappa shape index (κ1) is 16.9. The number of rotatable bonds is 4. The zero-order valence-electron chi connectivity index (χ0n) is 13.4. The number of hydrogen-bond donors (Lipinski definition) is 2. The number of anilines is 3. The van der Waals surface area contributed by atoms with Crippen LogP contribution in [-0.2, 0) is 14.8 Å². The highest BCUT2D eigenvalue weighted by Crippen LogP contribution is 2.27. The first-order valence-electron chi connectivity index (χ1n) is 8.02. The molecule has 0 saturated carbocycles. The molecule has 2 saturated heterocycles. The minimum absolute atomic E-state index is 0.119. The van der Waals surface area contributed by atoms with Crippen LogP contribution in [0.2, 0.25) is 0 Å². The molecule has 0 aliphatic carbocycles. The maximum Gasteiger partial charge on any atom is 0.236 e. The normalized spacial score (nSPS) is 22.2. The average Bonchev–Trinajstić information content (AvgIpc) is 2.86. The Morgan fingerprint density at radius 1 is 1.21 bits per heavy atom. The Labute approximate surface area is 141 Å². The van der Waals surface area contributed by atoms with Gasteiger partial charge >= 0.3 is 0 Å². The third-order valence-electron chi connectivity index (χ3n) is 4.32. The summed E-state index contributed by atoms with van der Waals surface area (Å²) in [7, 11) is -3.62. The quantitative estimate of drug-likeness (QED) is 0.757. The van der Waals surface area contributed by atoms with Gasteiger partial charge in [0.1, 0.15) is 11.6 Å². The fraction of sp³-hybridized carbons (Fsp3) is 0.643. The molecule has 3 rings (SSSR count). The van der Waals surface area contributed by atoms with Crippen LogP contribution in [-0.4, -0.2) is 49.7 Å². The maximum absolute atomic E-state index is 12.2. The SMILES string of the molecule is Nc1cc(N2CCCCC2)nc(N2CC(CS(N)(=O)=O)CC2=O)n1. The topological polar surface area (TPSA) is 136 Å². The van der Waals surface area contributed by atoms with Crippen molar-refractivity contribution in [1.29, 1.82) is 0 Å². The summed E-state index contributed by atoms with van der Waals surface area (Å²) in [6, 6.07) is 1.71. The summed E-state index contributed by atoms with van der Waals surface area (Å²) in [5.74, 6) is 0.451. The van der Waals surface area contributed by atoms with E-state index in [4.69, 9.17) is 10.9 Å². The maximum atomic E-state index is 12.2. The van der Waals surface area contributed by atoms with E-state index in [0.29, 0.717) is 11.6 Å². The number of piperidine rings is 1. The molecular weight excluding hydrogens is 332 g/mol. The predicted molar refractivity (Wildman–Crippen MR) is 90.9 cm³/mol. The number of aromatic nitrogens is 2. The van der Waals surface area contributed by atoms with Crippen LogP contribution in [0.4, 0.5) is 17.6 Å². The molecule has 1 aromatic rings. The molecule has 1 atom stereocenters. The number of carbonyl (C=O) groups is 1. The van der Waals surface area contributed by atoms with Gasteiger partial charge in [0.25, 0.3) is 0 Å². The van der Waals surface area contributed by atoms with Crippen molar-refractivity contribution in [2.75, 3.05) is 40.9 Å². The van der Waals surface area contributed by atoms with E-state index < -0.39 is 10.0 Å². The summed E-state index contributed by atoms with van der Waals surface area (Å²) in [6.07, 6.45) is 3.51. The van der Waals surface area contributed by atoms with Crippen molar-refractivity contribution < 1.29 is 13.2 Å². The third kappa shape index (κ3) is 3.93. The Bertz CT molecular complexity index is 732. The van der Waals surface area contributed by atoms with Crippen LogP contribution in [0, 0.1) is 5.92 Å². The van der Waals surface area contributed by atoms with E-state index in [1.807, 2.05) is 0 Å². The lowest BCUT2D eigenvalue weighted by molar-refractivity contribution is -0.117. The second-order valence-electron chi connectivity index (χ2n) is 6.40. The molecule has 1 amide bonds. The van der Waals surface area contributed by atoms with Crippen molar-refractivity contribution in [3.05, 3.63) is 6.07 Å². The fourth-order valence-corrected chi connectivity index (χ4v) is 4.14. The Hall–Kier alpha value is -1.94. The summed E-state index contributed by atoms with van der Waals surface area (Å²) >= 11 is 0. The Morgan fingerprint density at radius 3 is 2.58 bits per heavy atom. The zero-order valence-corrected chi connectivity index (χ0v) is 14.2. The van der Waals surface area contributed by atoms with Crippen LogP contribution in [0.5, 0.6) is 0 Å². The van der Waals surface area contributed by atoms with Crippen LogP contribution in [0.3, 0.4) is 0 Å². The Morgan fingerprint density at radius 2 is 1.92 bits per heavy atom. The summed E-state index contributed by atoms with van der Waals surface area (Å²) in [5.41, 5.74) is 5.88. The van der Waals surface area contributed by atoms with Crippen LogP contribution in [0.1, 0.15) is 25.7 Å². The van der Waals surface area contributed by atoms with Crippen molar-refractivity contribution in [3.8, 4) is 0 Å². The van der Waals surface area contributed by atoms with Gasteiger partial charge in [-0.1, -0.05) is 0 Å². The lowest BCUT2D eigenvalue weighted by atomic mass is 10.1. The highest BCUT2D eigenvalue weighted by molar-refractivity contribution is 7.89. The number of primary sulfonamides is 1. The molecule has 132 valence electrons. The van der Waals surface area contributed by atoms with Gasteiger partial charge in [-0.25, -0.2) is 13.6 Å². The molecule has 1 unspecified atom stereocenters. The minimum atomic E-state index is -3.62. The molecule has 3 heterocycles. The monoisotopic (exact) mass is 354 g/mol. The number of nitrogens with zero attached hydrogens (tertiary/aromatic N) is 4. The van der Waals surface area contributed by atoms with Crippen LogP contribution < -0.4 is 20.7 Å². The number of carbonyl (C=O) groups excluding carboxylic acids is 1. The molecule has 0 aromatic carbocycles. The number of hydrogen-bond acceptors (Lipinski definition) is 7. The van der Waals surface area contributed by atoms with Crippen molar-refractivity contribution >= 4 is 33.5 Å². The lowest BCUT2D eigenvalue weighted by Gasteiger charge is -2.28. The molecule has 2 aliphatic heterocycles. The smallest absolute Gasteiger partial charge is 0.236 e. The second kappa shape index (κ2) is 6.52. The molecular formula is C14H22N6O3S. The molecule has 2 fully saturated rings. The molecule has 2 aliphatic rings. The summed E-state index contributed by atoms with van der Waals surface area (Å²) in [5, 5.41) is 5.08. The highest BCUT2D eigenvalue weighted by Gasteiger charge is 2.34. The fourth-order valence-electron chi connectivity index (χ4n) is 3.26. The standard InChI is InChI=1S/C14H22N6O3S/c15-11-7-12(19-4-2-1-3-5-19)18-14(17-11)20-8-10(6-13(20)21)9-24(16,22)23/h7,10H,1-6,8-9H2,(H2,15,17,18)(H2,16,22,23). The zero-order chi connectivity index (χ0) is 17.3. The number of nitrogen functional groups attached to an aromatic ring is 1. The predicted octanol–water partition coefficient (Wildman–Crippen LogP) is -0.309. The van der Waals surface area contributed by atoms with Gasteiger partial charge < -0.3 is 10.6 Å². The van der Waals surface area contributed by atoms with E-state index in [1.54, 1.807) is 6.07 Å². The second-order valence-corrected chi connectivity index (χ2v) is 8.06. The Balaban J connectivity index is 1.81. The van der Waals surface area contributed by atoms with Crippen molar-refractivity contribution in [2.24, 2.45) is 11.1 Å². The van der Waals surface area contributed by atoms with Gasteiger partial charge in [-0.05, 0) is 19.3 Å². The van der Waals surface area contributed by atoms with Gasteiger partial charge in [-0.3, -0.25) is 9.69 Å². The van der Waals surface area contributed by atoms with Gasteiger partial charge in [-0.15, -0.1) is 0 Å². The molecule has 4 N–H and O–H groups in total. The molecule has 9 nitrogen and oxygen atoms in total. The van der Waals surface area contributed by atoms with Crippen molar-refractivity contribution in [2.45, 2.75) is 25.7 Å². The highest BCUT2D eigenvalue weighted by atomic mass is 32.2. The largest absolute Gasteiger partial charge is 0.383 e. The van der Waals surface area contributed by atoms with E-state index in [0.717, 1.165) is 25.9 Å². The average molecular weight is 354 g/mol. The minimum Gasteiger partial charge on any atom is -0.383 e. The molecule has 0 spiro atoms. The molecule has 0 radical (unpaired) electrons. The van der Waals surface area contributed by atoms with Crippen LogP contribution in [0.15, 0.2) is 6.07 Å². The molecule has 24 heavy (non-hydrogen) atoms. The first-order chi connectivity index (χ1) is 11.3. The van der Waals surface area contributed by atoms with Crippen molar-refractivity contribution in [1.82, 2.24) is 9.97 Å². The first-order valence-corrected chi connectivity index (χ1v) is 9.74. The van der Waals surface area contributed by atoms with Gasteiger partial charge in [0.2, 0.25) is 21.9 Å². The van der Waals surface area contributed by atoms with Gasteiger partial charge in [0, 0.05) is 38.0 Å². The number of sulfonamides is 1. The molecule has 0 bridgehead atoms. The molecule has 1 aromatic heterocycles. The molecule has 10 heteroatoms. The van der Waals surface area contributed by atoms with E-state index in [2.05, 4.69) is 14.9 Å². The summed E-state index contributed by atoms with van der Waals surface area (Å²) in [6.45, 7) is 2.04. The van der Waals surface area contributed by atoms with Gasteiger partial charge in [-0.2, -0.15) is 9.97 Å². The third-order valence-corrected chi connectivity index (χ3v) is 5.25. The van der Waals surface area contributed by atoms with E-state index >= 15 is 0 Å². The van der Waals surface area contributed by atoms with E-state index in [1.165, 1.54) is 11.3 Å². The number of nitrogens with two attached hydrogens (primary N) is 2. The van der Waals surface area contributed by atoms with Crippen LogP contribution >= 0.6 is 0 Å². The summed E-state index contributed by atoms with van der Waals surface area (Å²) < 4.78 is 22.5. The van der Waals surface area contributed by atoms with E-state index in [9.17, 15) is 13.2 Å². The summed E-state index contributed by atoms with van der Waals surface area (Å²) in [4.78, 5) is 24.4. The lowest BCUT2D eigenvalue weighted by Crippen LogP contribution is -2.32. The van der Waals surface area contributed by atoms with Gasteiger partial charge in [0.15, 0.2) is 0 Å². The van der Waals surface area contributed by atoms with Crippen LogP contribution in [0.25, 0.3) is 0 Å².